The normalized spacial score (nSPS) is 10.1. The van der Waals surface area contributed by atoms with Gasteiger partial charge in [-0.2, -0.15) is 0 Å². The van der Waals surface area contributed by atoms with Crippen LogP contribution in [0.1, 0.15) is 23.2 Å². The monoisotopic (exact) mass is 403 g/mol. The Hall–Kier alpha value is -3.06. The van der Waals surface area contributed by atoms with Gasteiger partial charge in [0.2, 0.25) is 11.8 Å². The molecule has 2 rings (SSSR count). The van der Waals surface area contributed by atoms with Crippen molar-refractivity contribution in [3.63, 3.8) is 0 Å². The highest BCUT2D eigenvalue weighted by molar-refractivity contribution is 6.30. The third-order valence-corrected chi connectivity index (χ3v) is 4.04. The van der Waals surface area contributed by atoms with Crippen LogP contribution < -0.4 is 20.7 Å². The molecule has 0 fully saturated rings. The summed E-state index contributed by atoms with van der Waals surface area (Å²) in [5.41, 5.74) is 1.10. The number of methoxy groups -OCH3 is 1. The molecule has 8 heteroatoms. The fourth-order valence-corrected chi connectivity index (χ4v) is 2.43. The maximum absolute atomic E-state index is 12.0. The summed E-state index contributed by atoms with van der Waals surface area (Å²) in [7, 11) is 1.54. The molecule has 0 aliphatic heterocycles. The lowest BCUT2D eigenvalue weighted by Crippen LogP contribution is -2.37. The first-order valence-electron chi connectivity index (χ1n) is 8.72. The average molecular weight is 404 g/mol. The van der Waals surface area contributed by atoms with Gasteiger partial charge in [-0.1, -0.05) is 11.6 Å². The van der Waals surface area contributed by atoms with Gasteiger partial charge in [0.15, 0.2) is 0 Å². The van der Waals surface area contributed by atoms with Crippen LogP contribution in [0.3, 0.4) is 0 Å². The topological polar surface area (TPSA) is 96.5 Å². The highest BCUT2D eigenvalue weighted by Crippen LogP contribution is 2.13. The lowest BCUT2D eigenvalue weighted by molar-refractivity contribution is -0.120. The predicted molar refractivity (Wildman–Crippen MR) is 108 cm³/mol. The van der Waals surface area contributed by atoms with Crippen LogP contribution >= 0.6 is 11.6 Å². The molecule has 0 heterocycles. The molecule has 28 heavy (non-hydrogen) atoms. The van der Waals surface area contributed by atoms with Gasteiger partial charge in [0.25, 0.3) is 5.91 Å². The van der Waals surface area contributed by atoms with Crippen molar-refractivity contribution < 1.29 is 19.1 Å². The maximum Gasteiger partial charge on any atom is 0.251 e. The summed E-state index contributed by atoms with van der Waals surface area (Å²) in [6.07, 6.45) is 0.749. The van der Waals surface area contributed by atoms with Crippen LogP contribution in [0.2, 0.25) is 5.02 Å². The third kappa shape index (κ3) is 7.28. The molecule has 0 unspecified atom stereocenters. The standard InChI is InChI=1S/C20H22ClN3O4/c1-28-17-10-4-14(5-11-17)20(27)23-13-19(26)22-12-2-3-18(25)24-16-8-6-15(21)7-9-16/h4-11H,2-3,12-13H2,1H3,(H,22,26)(H,23,27)(H,24,25). The summed E-state index contributed by atoms with van der Waals surface area (Å²) in [4.78, 5) is 35.6. The number of nitrogens with one attached hydrogen (secondary N) is 3. The summed E-state index contributed by atoms with van der Waals surface area (Å²) in [5.74, 6) is -0.168. The van der Waals surface area contributed by atoms with E-state index < -0.39 is 0 Å². The summed E-state index contributed by atoms with van der Waals surface area (Å²) in [5, 5.41) is 8.55. The molecule has 7 nitrogen and oxygen atoms in total. The number of halogens is 1. The second-order valence-corrected chi connectivity index (χ2v) is 6.36. The van der Waals surface area contributed by atoms with E-state index in [9.17, 15) is 14.4 Å². The van der Waals surface area contributed by atoms with E-state index >= 15 is 0 Å². The van der Waals surface area contributed by atoms with E-state index in [1.807, 2.05) is 0 Å². The zero-order valence-electron chi connectivity index (χ0n) is 15.5. The average Bonchev–Trinajstić information content (AvgIpc) is 2.71. The Morgan fingerprint density at radius 3 is 2.25 bits per heavy atom. The second kappa shape index (κ2) is 10.9. The Bertz CT molecular complexity index is 807. The Labute approximate surface area is 168 Å². The van der Waals surface area contributed by atoms with E-state index in [0.29, 0.717) is 35.0 Å². The minimum absolute atomic E-state index is 0.137. The van der Waals surface area contributed by atoms with Crippen molar-refractivity contribution in [3.8, 4) is 5.75 Å². The van der Waals surface area contributed by atoms with Gasteiger partial charge in [-0.05, 0) is 55.0 Å². The molecule has 0 aliphatic rings. The number of hydrogen-bond acceptors (Lipinski definition) is 4. The molecular weight excluding hydrogens is 382 g/mol. The zero-order chi connectivity index (χ0) is 20.4. The van der Waals surface area contributed by atoms with Gasteiger partial charge < -0.3 is 20.7 Å². The van der Waals surface area contributed by atoms with Crippen LogP contribution in [-0.4, -0.2) is 37.9 Å². The summed E-state index contributed by atoms with van der Waals surface area (Å²) in [6.45, 7) is 0.201. The largest absolute Gasteiger partial charge is 0.497 e. The molecule has 2 aromatic rings. The number of ether oxygens (including phenoxy) is 1. The molecule has 0 aliphatic carbocycles. The van der Waals surface area contributed by atoms with Crippen molar-refractivity contribution in [3.05, 3.63) is 59.1 Å². The van der Waals surface area contributed by atoms with E-state index in [0.717, 1.165) is 0 Å². The van der Waals surface area contributed by atoms with Crippen LogP contribution in [0.25, 0.3) is 0 Å². The van der Waals surface area contributed by atoms with Crippen molar-refractivity contribution in [1.29, 1.82) is 0 Å². The lowest BCUT2D eigenvalue weighted by Gasteiger charge is -2.08. The van der Waals surface area contributed by atoms with Gasteiger partial charge >= 0.3 is 0 Å². The van der Waals surface area contributed by atoms with Crippen molar-refractivity contribution in [2.45, 2.75) is 12.8 Å². The van der Waals surface area contributed by atoms with Gasteiger partial charge in [-0.25, -0.2) is 0 Å². The molecule has 148 valence electrons. The SMILES string of the molecule is COc1ccc(C(=O)NCC(=O)NCCCC(=O)Nc2ccc(Cl)cc2)cc1. The fraction of sp³-hybridized carbons (Fsp3) is 0.250. The molecule has 3 N–H and O–H groups in total. The molecule has 0 atom stereocenters. The molecule has 0 spiro atoms. The Morgan fingerprint density at radius 2 is 1.61 bits per heavy atom. The van der Waals surface area contributed by atoms with Gasteiger partial charge in [0.1, 0.15) is 5.75 Å². The molecule has 2 aromatic carbocycles. The van der Waals surface area contributed by atoms with Crippen molar-refractivity contribution in [2.75, 3.05) is 25.5 Å². The molecule has 3 amide bonds. The number of carbonyl (C=O) groups excluding carboxylic acids is 3. The number of carbonyl (C=O) groups is 3. The molecule has 0 saturated carbocycles. The zero-order valence-corrected chi connectivity index (χ0v) is 16.2. The minimum Gasteiger partial charge on any atom is -0.497 e. The van der Waals surface area contributed by atoms with E-state index in [4.69, 9.17) is 16.3 Å². The van der Waals surface area contributed by atoms with E-state index in [-0.39, 0.29) is 30.7 Å². The molecular formula is C20H22ClN3O4. The molecule has 0 aromatic heterocycles. The second-order valence-electron chi connectivity index (χ2n) is 5.92. The number of rotatable bonds is 9. The Balaban J connectivity index is 1.60. The van der Waals surface area contributed by atoms with E-state index in [2.05, 4.69) is 16.0 Å². The minimum atomic E-state index is -0.347. The molecule has 0 bridgehead atoms. The van der Waals surface area contributed by atoms with Crippen LogP contribution in [0.4, 0.5) is 5.69 Å². The van der Waals surface area contributed by atoms with Crippen molar-refractivity contribution in [1.82, 2.24) is 10.6 Å². The van der Waals surface area contributed by atoms with Gasteiger partial charge in [-0.15, -0.1) is 0 Å². The fourth-order valence-electron chi connectivity index (χ4n) is 2.30. The van der Waals surface area contributed by atoms with Gasteiger partial charge in [0.05, 0.1) is 13.7 Å². The number of benzene rings is 2. The highest BCUT2D eigenvalue weighted by atomic mass is 35.5. The van der Waals surface area contributed by atoms with Gasteiger partial charge in [0, 0.05) is 29.2 Å². The first kappa shape index (κ1) is 21.2. The highest BCUT2D eigenvalue weighted by Gasteiger charge is 2.08. The Kier molecular flexibility index (Phi) is 8.30. The van der Waals surface area contributed by atoms with E-state index in [1.165, 1.54) is 0 Å². The lowest BCUT2D eigenvalue weighted by atomic mass is 10.2. The van der Waals surface area contributed by atoms with Crippen LogP contribution in [-0.2, 0) is 9.59 Å². The van der Waals surface area contributed by atoms with Crippen molar-refractivity contribution in [2.24, 2.45) is 0 Å². The number of amides is 3. The predicted octanol–water partition coefficient (Wildman–Crippen LogP) is 2.61. The van der Waals surface area contributed by atoms with Gasteiger partial charge in [-0.3, -0.25) is 14.4 Å². The first-order valence-corrected chi connectivity index (χ1v) is 9.10. The molecule has 0 saturated heterocycles. The van der Waals surface area contributed by atoms with Crippen LogP contribution in [0, 0.1) is 0 Å². The quantitative estimate of drug-likeness (QED) is 0.561. The van der Waals surface area contributed by atoms with E-state index in [1.54, 1.807) is 55.6 Å². The third-order valence-electron chi connectivity index (χ3n) is 3.79. The summed E-state index contributed by atoms with van der Waals surface area (Å²) >= 11 is 5.79. The smallest absolute Gasteiger partial charge is 0.251 e. The summed E-state index contributed by atoms with van der Waals surface area (Å²) in [6, 6.07) is 13.4. The van der Waals surface area contributed by atoms with Crippen LogP contribution in [0.5, 0.6) is 5.75 Å². The number of anilines is 1. The first-order chi connectivity index (χ1) is 13.5. The maximum atomic E-state index is 12.0. The van der Waals surface area contributed by atoms with Crippen molar-refractivity contribution >= 4 is 35.0 Å². The number of hydrogen-bond donors (Lipinski definition) is 3. The van der Waals surface area contributed by atoms with Crippen LogP contribution in [0.15, 0.2) is 48.5 Å². The molecule has 0 radical (unpaired) electrons. The Morgan fingerprint density at radius 1 is 0.929 bits per heavy atom. The summed E-state index contributed by atoms with van der Waals surface area (Å²) < 4.78 is 5.03.